The second-order valence-corrected chi connectivity index (χ2v) is 8.86. The van der Waals surface area contributed by atoms with Gasteiger partial charge < -0.3 is 10.1 Å². The van der Waals surface area contributed by atoms with Crippen LogP contribution in [-0.4, -0.2) is 45.0 Å². The molecule has 0 atom stereocenters. The average Bonchev–Trinajstić information content (AvgIpc) is 3.18. The van der Waals surface area contributed by atoms with Crippen LogP contribution in [-0.2, 0) is 10.2 Å². The van der Waals surface area contributed by atoms with Gasteiger partial charge in [0.1, 0.15) is 12.4 Å². The molecule has 0 saturated heterocycles. The second kappa shape index (κ2) is 9.75. The van der Waals surface area contributed by atoms with E-state index in [1.54, 1.807) is 4.68 Å². The van der Waals surface area contributed by atoms with Crippen LogP contribution in [0.1, 0.15) is 31.9 Å². The molecule has 3 aromatic rings. The van der Waals surface area contributed by atoms with Crippen LogP contribution in [0.25, 0.3) is 5.69 Å². The van der Waals surface area contributed by atoms with E-state index in [4.69, 9.17) is 4.74 Å². The van der Waals surface area contributed by atoms with Gasteiger partial charge in [0.15, 0.2) is 0 Å². The summed E-state index contributed by atoms with van der Waals surface area (Å²) in [7, 11) is 0. The number of hydrogen-bond donors (Lipinski definition) is 1. The van der Waals surface area contributed by atoms with E-state index in [0.717, 1.165) is 17.0 Å². The number of aromatic nitrogens is 4. The number of para-hydroxylation sites is 1. The Bertz CT molecular complexity index is 980. The van der Waals surface area contributed by atoms with Crippen molar-refractivity contribution < 1.29 is 9.53 Å². The minimum absolute atomic E-state index is 0.0917. The standard InChI is InChI=1S/C22H27N5O2S/c1-16-7-5-6-8-19(16)27-21(24-25-26-27)30-15-20(28)23-13-14-29-18-11-9-17(10-12-18)22(2,3)4/h5-12H,13-15H2,1-4H3,(H,23,28). The van der Waals surface area contributed by atoms with Crippen molar-refractivity contribution in [3.63, 3.8) is 0 Å². The fourth-order valence-electron chi connectivity index (χ4n) is 2.81. The van der Waals surface area contributed by atoms with Gasteiger partial charge in [-0.1, -0.05) is 62.9 Å². The Labute approximate surface area is 181 Å². The van der Waals surface area contributed by atoms with Crippen LogP contribution in [0.15, 0.2) is 53.7 Å². The van der Waals surface area contributed by atoms with Gasteiger partial charge in [-0.05, 0) is 52.1 Å². The second-order valence-electron chi connectivity index (χ2n) is 7.92. The Morgan fingerprint density at radius 2 is 1.87 bits per heavy atom. The zero-order valence-electron chi connectivity index (χ0n) is 17.8. The first-order chi connectivity index (χ1) is 14.3. The van der Waals surface area contributed by atoms with Crippen molar-refractivity contribution in [3.8, 4) is 11.4 Å². The first-order valence-electron chi connectivity index (χ1n) is 9.82. The minimum Gasteiger partial charge on any atom is -0.492 e. The zero-order valence-corrected chi connectivity index (χ0v) is 18.6. The number of aryl methyl sites for hydroxylation is 1. The largest absolute Gasteiger partial charge is 0.492 e. The first kappa shape index (κ1) is 21.8. The van der Waals surface area contributed by atoms with Gasteiger partial charge in [-0.2, -0.15) is 4.68 Å². The van der Waals surface area contributed by atoms with Crippen molar-refractivity contribution >= 4 is 17.7 Å². The zero-order chi connectivity index (χ0) is 21.6. The molecule has 2 aromatic carbocycles. The van der Waals surface area contributed by atoms with Gasteiger partial charge >= 0.3 is 0 Å². The van der Waals surface area contributed by atoms with Gasteiger partial charge in [-0.3, -0.25) is 4.79 Å². The van der Waals surface area contributed by atoms with E-state index in [1.807, 2.05) is 43.3 Å². The van der Waals surface area contributed by atoms with Crippen LogP contribution in [0.4, 0.5) is 0 Å². The smallest absolute Gasteiger partial charge is 0.230 e. The molecular weight excluding hydrogens is 398 g/mol. The normalized spacial score (nSPS) is 11.3. The molecule has 7 nitrogen and oxygen atoms in total. The highest BCUT2D eigenvalue weighted by Gasteiger charge is 2.14. The SMILES string of the molecule is Cc1ccccc1-n1nnnc1SCC(=O)NCCOc1ccc(C(C)(C)C)cc1. The Hall–Kier alpha value is -2.87. The van der Waals surface area contributed by atoms with E-state index in [-0.39, 0.29) is 17.1 Å². The third-order valence-electron chi connectivity index (χ3n) is 4.53. The van der Waals surface area contributed by atoms with Gasteiger partial charge in [-0.15, -0.1) is 5.10 Å². The quantitative estimate of drug-likeness (QED) is 0.439. The number of hydrogen-bond acceptors (Lipinski definition) is 6. The van der Waals surface area contributed by atoms with Gasteiger partial charge in [-0.25, -0.2) is 0 Å². The molecule has 0 aliphatic rings. The van der Waals surface area contributed by atoms with Crippen molar-refractivity contribution in [3.05, 3.63) is 59.7 Å². The van der Waals surface area contributed by atoms with Gasteiger partial charge in [0.25, 0.3) is 0 Å². The highest BCUT2D eigenvalue weighted by atomic mass is 32.2. The van der Waals surface area contributed by atoms with Gasteiger partial charge in [0.2, 0.25) is 11.1 Å². The van der Waals surface area contributed by atoms with Crippen molar-refractivity contribution in [2.45, 2.75) is 38.3 Å². The number of nitrogens with one attached hydrogen (secondary N) is 1. The molecule has 0 aliphatic heterocycles. The van der Waals surface area contributed by atoms with Crippen molar-refractivity contribution in [2.75, 3.05) is 18.9 Å². The number of benzene rings is 2. The van der Waals surface area contributed by atoms with E-state index < -0.39 is 0 Å². The Balaban J connectivity index is 1.42. The minimum atomic E-state index is -0.0917. The molecular formula is C22H27N5O2S. The van der Waals surface area contributed by atoms with Crippen LogP contribution >= 0.6 is 11.8 Å². The third kappa shape index (κ3) is 5.82. The molecule has 0 spiro atoms. The molecule has 1 heterocycles. The average molecular weight is 426 g/mol. The van der Waals surface area contributed by atoms with E-state index >= 15 is 0 Å². The summed E-state index contributed by atoms with van der Waals surface area (Å²) in [6.45, 7) is 9.37. The number of tetrazole rings is 1. The van der Waals surface area contributed by atoms with Crippen LogP contribution in [0.3, 0.4) is 0 Å². The molecule has 0 aliphatic carbocycles. The van der Waals surface area contributed by atoms with Crippen molar-refractivity contribution in [2.24, 2.45) is 0 Å². The maximum absolute atomic E-state index is 12.2. The fraction of sp³-hybridized carbons (Fsp3) is 0.364. The van der Waals surface area contributed by atoms with Crippen molar-refractivity contribution in [1.82, 2.24) is 25.5 Å². The fourth-order valence-corrected chi connectivity index (χ4v) is 3.53. The molecule has 0 bridgehead atoms. The van der Waals surface area contributed by atoms with Crippen LogP contribution in [0, 0.1) is 6.92 Å². The Morgan fingerprint density at radius 3 is 2.57 bits per heavy atom. The summed E-state index contributed by atoms with van der Waals surface area (Å²) >= 11 is 1.30. The molecule has 8 heteroatoms. The monoisotopic (exact) mass is 425 g/mol. The highest BCUT2D eigenvalue weighted by molar-refractivity contribution is 7.99. The summed E-state index contributed by atoms with van der Waals surface area (Å²) in [5.41, 5.74) is 3.33. The van der Waals surface area contributed by atoms with Crippen LogP contribution in [0.2, 0.25) is 0 Å². The molecule has 1 amide bonds. The molecule has 0 radical (unpaired) electrons. The summed E-state index contributed by atoms with van der Waals surface area (Å²) in [6, 6.07) is 15.9. The lowest BCUT2D eigenvalue weighted by atomic mass is 9.87. The number of carbonyl (C=O) groups is 1. The predicted molar refractivity (Wildman–Crippen MR) is 118 cm³/mol. The number of ether oxygens (including phenoxy) is 1. The number of nitrogens with zero attached hydrogens (tertiary/aromatic N) is 4. The summed E-state index contributed by atoms with van der Waals surface area (Å²) in [5.74, 6) is 0.932. The molecule has 0 unspecified atom stereocenters. The van der Waals surface area contributed by atoms with Gasteiger partial charge in [0.05, 0.1) is 18.0 Å². The number of thioether (sulfide) groups is 1. The Morgan fingerprint density at radius 1 is 1.13 bits per heavy atom. The third-order valence-corrected chi connectivity index (χ3v) is 5.45. The topological polar surface area (TPSA) is 81.9 Å². The lowest BCUT2D eigenvalue weighted by Crippen LogP contribution is -2.29. The molecule has 0 fully saturated rings. The molecule has 1 N–H and O–H groups in total. The Kier molecular flexibility index (Phi) is 7.10. The lowest BCUT2D eigenvalue weighted by molar-refractivity contribution is -0.118. The van der Waals surface area contributed by atoms with E-state index in [1.165, 1.54) is 17.3 Å². The summed E-state index contributed by atoms with van der Waals surface area (Å²) in [4.78, 5) is 12.2. The molecule has 158 valence electrons. The number of carbonyl (C=O) groups excluding carboxylic acids is 1. The molecule has 1 aromatic heterocycles. The highest BCUT2D eigenvalue weighted by Crippen LogP contribution is 2.24. The van der Waals surface area contributed by atoms with Crippen LogP contribution in [0.5, 0.6) is 5.75 Å². The lowest BCUT2D eigenvalue weighted by Gasteiger charge is -2.19. The molecule has 0 saturated carbocycles. The maximum atomic E-state index is 12.2. The van der Waals surface area contributed by atoms with Crippen LogP contribution < -0.4 is 10.1 Å². The summed E-state index contributed by atoms with van der Waals surface area (Å²) in [6.07, 6.45) is 0. The number of rotatable bonds is 8. The van der Waals surface area contributed by atoms with E-state index in [2.05, 4.69) is 53.7 Å². The first-order valence-corrected chi connectivity index (χ1v) is 10.8. The predicted octanol–water partition coefficient (Wildman–Crippen LogP) is 3.56. The summed E-state index contributed by atoms with van der Waals surface area (Å²) < 4.78 is 7.36. The maximum Gasteiger partial charge on any atom is 0.230 e. The molecule has 3 rings (SSSR count). The van der Waals surface area contributed by atoms with E-state index in [0.29, 0.717) is 18.3 Å². The summed E-state index contributed by atoms with van der Waals surface area (Å²) in [5, 5.41) is 15.2. The van der Waals surface area contributed by atoms with Crippen molar-refractivity contribution in [1.29, 1.82) is 0 Å². The van der Waals surface area contributed by atoms with Gasteiger partial charge in [0, 0.05) is 0 Å². The molecule has 30 heavy (non-hydrogen) atoms. The number of amides is 1. The van der Waals surface area contributed by atoms with E-state index in [9.17, 15) is 4.79 Å².